The van der Waals surface area contributed by atoms with Gasteiger partial charge in [-0.1, -0.05) is 344 Å². The highest BCUT2D eigenvalue weighted by atomic mass is 16.6. The number of rotatable bonds is 67. The maximum absolute atomic E-state index is 12.9. The van der Waals surface area contributed by atoms with Crippen molar-refractivity contribution in [3.05, 3.63) is 72.9 Å². The van der Waals surface area contributed by atoms with Crippen LogP contribution in [0, 0.1) is 0 Å². The second-order valence-electron chi connectivity index (χ2n) is 24.5. The number of allylic oxidation sites excluding steroid dienone is 12. The molecule has 0 saturated heterocycles. The van der Waals surface area contributed by atoms with Crippen LogP contribution in [0.3, 0.4) is 0 Å². The standard InChI is InChI=1S/C77H138O6/c1-4-7-10-13-16-19-22-25-28-30-32-33-34-35-36-37-38-39-40-41-42-43-45-46-49-52-55-58-61-64-67-70-76(79)82-73-74(72-81-75(78)69-66-63-60-57-54-51-48-27-24-21-18-15-12-9-6-3)83-77(80)71-68-65-62-59-56-53-50-47-44-31-29-26-23-20-17-14-11-8-5-2/h8,11,17,20,26,29-30,32,44,47,53,56,74H,4-7,9-10,12-16,18-19,21-25,27-28,31,33-43,45-46,48-52,54-55,57-73H2,1-3H3/b11-8-,20-17-,29-26-,32-30-,47-44-,56-53-. The van der Waals surface area contributed by atoms with Crippen LogP contribution < -0.4 is 0 Å². The molecule has 6 nitrogen and oxygen atoms in total. The summed E-state index contributed by atoms with van der Waals surface area (Å²) in [6.07, 6.45) is 93.8. The molecule has 0 radical (unpaired) electrons. The molecule has 0 spiro atoms. The van der Waals surface area contributed by atoms with Crippen molar-refractivity contribution in [2.45, 2.75) is 386 Å². The quantitative estimate of drug-likeness (QED) is 0.0261. The molecule has 0 N–H and O–H groups in total. The summed E-state index contributed by atoms with van der Waals surface area (Å²) in [5.74, 6) is -0.893. The van der Waals surface area contributed by atoms with Crippen molar-refractivity contribution in [2.75, 3.05) is 13.2 Å². The van der Waals surface area contributed by atoms with Gasteiger partial charge in [0.15, 0.2) is 6.10 Å². The van der Waals surface area contributed by atoms with Gasteiger partial charge in [-0.15, -0.1) is 0 Å². The summed E-state index contributed by atoms with van der Waals surface area (Å²) < 4.78 is 17.0. The number of ether oxygens (including phenoxy) is 3. The maximum atomic E-state index is 12.9. The number of hydrogen-bond donors (Lipinski definition) is 0. The minimum Gasteiger partial charge on any atom is -0.462 e. The molecule has 0 aromatic rings. The van der Waals surface area contributed by atoms with E-state index in [1.807, 2.05) is 0 Å². The second-order valence-corrected chi connectivity index (χ2v) is 24.5. The number of unbranched alkanes of at least 4 members (excludes halogenated alkanes) is 44. The number of hydrogen-bond acceptors (Lipinski definition) is 6. The van der Waals surface area contributed by atoms with Crippen LogP contribution in [-0.2, 0) is 28.6 Å². The average Bonchev–Trinajstić information content (AvgIpc) is 3.49. The Morgan fingerprint density at radius 1 is 0.253 bits per heavy atom. The Labute approximate surface area is 516 Å². The third-order valence-corrected chi connectivity index (χ3v) is 16.2. The summed E-state index contributed by atoms with van der Waals surface area (Å²) in [4.78, 5) is 38.4. The zero-order valence-electron chi connectivity index (χ0n) is 55.5. The van der Waals surface area contributed by atoms with Crippen molar-refractivity contribution >= 4 is 17.9 Å². The summed E-state index contributed by atoms with van der Waals surface area (Å²) in [5.41, 5.74) is 0. The normalized spacial score (nSPS) is 12.5. The van der Waals surface area contributed by atoms with Crippen molar-refractivity contribution in [1.29, 1.82) is 0 Å². The van der Waals surface area contributed by atoms with Crippen molar-refractivity contribution in [1.82, 2.24) is 0 Å². The summed E-state index contributed by atoms with van der Waals surface area (Å²) in [5, 5.41) is 0. The van der Waals surface area contributed by atoms with Gasteiger partial charge in [0.05, 0.1) is 0 Å². The SMILES string of the molecule is CC/C=C\C/C=C\C/C=C\C/C=C\C/C=C\CCCCCC(=O)OC(COC(=O)CCCCCCCCCCCCCCCCC)COC(=O)CCCCCCCCCCCCCCCCCCCCC/C=C\CCCCCCCCCC. The summed E-state index contributed by atoms with van der Waals surface area (Å²) in [7, 11) is 0. The van der Waals surface area contributed by atoms with Crippen LogP contribution in [0.4, 0.5) is 0 Å². The Kier molecular flexibility index (Phi) is 68.6. The van der Waals surface area contributed by atoms with Gasteiger partial charge in [0, 0.05) is 19.3 Å². The molecule has 0 aromatic carbocycles. The minimum absolute atomic E-state index is 0.0843. The van der Waals surface area contributed by atoms with Crippen molar-refractivity contribution < 1.29 is 28.6 Å². The van der Waals surface area contributed by atoms with E-state index in [-0.39, 0.29) is 31.1 Å². The predicted molar refractivity (Wildman–Crippen MR) is 362 cm³/mol. The zero-order valence-corrected chi connectivity index (χ0v) is 55.5. The summed E-state index contributed by atoms with van der Waals surface area (Å²) in [6.45, 7) is 6.56. The van der Waals surface area contributed by atoms with E-state index in [9.17, 15) is 14.4 Å². The van der Waals surface area contributed by atoms with E-state index in [2.05, 4.69) is 93.7 Å². The molecular formula is C77H138O6. The van der Waals surface area contributed by atoms with Gasteiger partial charge in [-0.25, -0.2) is 0 Å². The van der Waals surface area contributed by atoms with Crippen LogP contribution in [-0.4, -0.2) is 37.2 Å². The molecule has 6 heteroatoms. The van der Waals surface area contributed by atoms with Gasteiger partial charge in [-0.05, 0) is 89.9 Å². The second kappa shape index (κ2) is 71.3. The molecule has 0 aromatic heterocycles. The highest BCUT2D eigenvalue weighted by Crippen LogP contribution is 2.18. The third-order valence-electron chi connectivity index (χ3n) is 16.2. The molecule has 83 heavy (non-hydrogen) atoms. The molecule has 0 rings (SSSR count). The fraction of sp³-hybridized carbons (Fsp3) is 0.805. The van der Waals surface area contributed by atoms with Gasteiger partial charge in [0.25, 0.3) is 0 Å². The first kappa shape index (κ1) is 79.8. The summed E-state index contributed by atoms with van der Waals surface area (Å²) >= 11 is 0. The van der Waals surface area contributed by atoms with E-state index in [0.29, 0.717) is 19.3 Å². The van der Waals surface area contributed by atoms with E-state index in [0.717, 1.165) is 96.3 Å². The van der Waals surface area contributed by atoms with E-state index >= 15 is 0 Å². The molecule has 0 fully saturated rings. The van der Waals surface area contributed by atoms with Gasteiger partial charge < -0.3 is 14.2 Å². The topological polar surface area (TPSA) is 78.9 Å². The monoisotopic (exact) mass is 1160 g/mol. The first-order valence-electron chi connectivity index (χ1n) is 36.4. The Balaban J connectivity index is 4.24. The van der Waals surface area contributed by atoms with Gasteiger partial charge in [-0.3, -0.25) is 14.4 Å². The van der Waals surface area contributed by atoms with Crippen LogP contribution in [0.1, 0.15) is 380 Å². The van der Waals surface area contributed by atoms with E-state index in [1.165, 1.54) is 244 Å². The summed E-state index contributed by atoms with van der Waals surface area (Å²) in [6, 6.07) is 0. The fourth-order valence-electron chi connectivity index (χ4n) is 10.8. The van der Waals surface area contributed by atoms with Crippen LogP contribution in [0.25, 0.3) is 0 Å². The number of carbonyl (C=O) groups is 3. The average molecular weight is 1160 g/mol. The molecule has 482 valence electrons. The lowest BCUT2D eigenvalue weighted by Gasteiger charge is -2.18. The minimum atomic E-state index is -0.792. The molecule has 1 unspecified atom stereocenters. The van der Waals surface area contributed by atoms with Crippen molar-refractivity contribution in [3.63, 3.8) is 0 Å². The lowest BCUT2D eigenvalue weighted by Crippen LogP contribution is -2.30. The van der Waals surface area contributed by atoms with Crippen LogP contribution >= 0.6 is 0 Å². The van der Waals surface area contributed by atoms with Crippen molar-refractivity contribution in [2.24, 2.45) is 0 Å². The van der Waals surface area contributed by atoms with Gasteiger partial charge in [-0.2, -0.15) is 0 Å². The molecule has 0 amide bonds. The first-order valence-corrected chi connectivity index (χ1v) is 36.4. The fourth-order valence-corrected chi connectivity index (χ4v) is 10.8. The number of esters is 3. The molecule has 0 aliphatic heterocycles. The lowest BCUT2D eigenvalue weighted by molar-refractivity contribution is -0.167. The van der Waals surface area contributed by atoms with Crippen LogP contribution in [0.15, 0.2) is 72.9 Å². The molecule has 0 saturated carbocycles. The molecule has 1 atom stereocenters. The number of carbonyl (C=O) groups excluding carboxylic acids is 3. The Morgan fingerprint density at radius 3 is 0.759 bits per heavy atom. The van der Waals surface area contributed by atoms with Gasteiger partial charge in [0.2, 0.25) is 0 Å². The molecule has 0 heterocycles. The smallest absolute Gasteiger partial charge is 0.306 e. The van der Waals surface area contributed by atoms with E-state index in [4.69, 9.17) is 14.2 Å². The van der Waals surface area contributed by atoms with E-state index in [1.54, 1.807) is 0 Å². The third kappa shape index (κ3) is 69.5. The Hall–Kier alpha value is -3.15. The highest BCUT2D eigenvalue weighted by Gasteiger charge is 2.19. The Morgan fingerprint density at radius 2 is 0.470 bits per heavy atom. The van der Waals surface area contributed by atoms with Crippen LogP contribution in [0.2, 0.25) is 0 Å². The maximum Gasteiger partial charge on any atom is 0.306 e. The molecular weight excluding hydrogens is 1020 g/mol. The highest BCUT2D eigenvalue weighted by molar-refractivity contribution is 5.71. The van der Waals surface area contributed by atoms with Crippen molar-refractivity contribution in [3.8, 4) is 0 Å². The molecule has 0 bridgehead atoms. The Bertz CT molecular complexity index is 1520. The zero-order chi connectivity index (χ0) is 59.9. The van der Waals surface area contributed by atoms with Gasteiger partial charge >= 0.3 is 17.9 Å². The largest absolute Gasteiger partial charge is 0.462 e. The predicted octanol–water partition coefficient (Wildman–Crippen LogP) is 25.2. The van der Waals surface area contributed by atoms with Crippen LogP contribution in [0.5, 0.6) is 0 Å². The molecule has 0 aliphatic carbocycles. The van der Waals surface area contributed by atoms with E-state index < -0.39 is 6.10 Å². The lowest BCUT2D eigenvalue weighted by atomic mass is 10.0. The molecule has 0 aliphatic rings. The van der Waals surface area contributed by atoms with Gasteiger partial charge in [0.1, 0.15) is 13.2 Å². The first-order chi connectivity index (χ1) is 41.0.